The number of nitrogens with zero attached hydrogens (tertiary/aromatic N) is 2. The number of halogens is 3. The number of rotatable bonds is 5. The summed E-state index contributed by atoms with van der Waals surface area (Å²) < 4.78 is 0. The number of benzene rings is 1. The van der Waals surface area contributed by atoms with Gasteiger partial charge in [-0.2, -0.15) is 5.10 Å². The smallest absolute Gasteiger partial charge is 0.252 e. The Morgan fingerprint density at radius 3 is 2.77 bits per heavy atom. The zero-order valence-corrected chi connectivity index (χ0v) is 13.9. The van der Waals surface area contributed by atoms with Crippen LogP contribution in [0.5, 0.6) is 0 Å². The summed E-state index contributed by atoms with van der Waals surface area (Å²) in [5, 5.41) is 5.08. The Hall–Kier alpha value is -1.56. The summed E-state index contributed by atoms with van der Waals surface area (Å²) >= 11 is 18.0. The van der Waals surface area contributed by atoms with Gasteiger partial charge in [0.05, 0.1) is 21.3 Å². The number of aryl methyl sites for hydroxylation is 1. The number of nitrogens with one attached hydrogen (secondary N) is 2. The number of hydrogen-bond acceptors (Lipinski definition) is 4. The van der Waals surface area contributed by atoms with E-state index in [2.05, 4.69) is 20.5 Å². The molecule has 1 heterocycles. The second-order valence-corrected chi connectivity index (χ2v) is 5.65. The van der Waals surface area contributed by atoms with E-state index in [1.165, 1.54) is 12.3 Å². The van der Waals surface area contributed by atoms with Crippen molar-refractivity contribution in [3.63, 3.8) is 0 Å². The van der Waals surface area contributed by atoms with Crippen molar-refractivity contribution in [2.75, 3.05) is 5.43 Å². The molecule has 0 bridgehead atoms. The molecule has 22 heavy (non-hydrogen) atoms. The highest BCUT2D eigenvalue weighted by molar-refractivity contribution is 6.45. The van der Waals surface area contributed by atoms with Gasteiger partial charge in [-0.3, -0.25) is 9.78 Å². The molecule has 0 atom stereocenters. The molecule has 0 aliphatic heterocycles. The van der Waals surface area contributed by atoms with E-state index >= 15 is 0 Å². The van der Waals surface area contributed by atoms with Crippen LogP contribution in [0.15, 0.2) is 28.1 Å². The lowest BCUT2D eigenvalue weighted by Gasteiger charge is -2.04. The van der Waals surface area contributed by atoms with Gasteiger partial charge in [0.25, 0.3) is 5.56 Å². The predicted octanol–water partition coefficient (Wildman–Crippen LogP) is 4.13. The summed E-state index contributed by atoms with van der Waals surface area (Å²) in [6.45, 7) is 2.01. The third kappa shape index (κ3) is 4.22. The highest BCUT2D eigenvalue weighted by Gasteiger charge is 2.07. The molecule has 0 saturated heterocycles. The molecule has 0 spiro atoms. The van der Waals surface area contributed by atoms with Gasteiger partial charge in [0, 0.05) is 17.3 Å². The lowest BCUT2D eigenvalue weighted by molar-refractivity contribution is 0.867. The minimum absolute atomic E-state index is 0.241. The summed E-state index contributed by atoms with van der Waals surface area (Å²) in [5.74, 6) is 0.251. The fourth-order valence-electron chi connectivity index (χ4n) is 1.76. The molecule has 0 unspecified atom stereocenters. The minimum atomic E-state index is -0.241. The van der Waals surface area contributed by atoms with E-state index in [9.17, 15) is 4.79 Å². The summed E-state index contributed by atoms with van der Waals surface area (Å²) in [4.78, 5) is 18.3. The lowest BCUT2D eigenvalue weighted by Crippen LogP contribution is -2.12. The number of anilines is 1. The van der Waals surface area contributed by atoms with Gasteiger partial charge in [0.15, 0.2) is 0 Å². The summed E-state index contributed by atoms with van der Waals surface area (Å²) in [6, 6.07) is 4.69. The monoisotopic (exact) mass is 358 g/mol. The molecule has 0 radical (unpaired) electrons. The van der Waals surface area contributed by atoms with Gasteiger partial charge >= 0.3 is 0 Å². The molecule has 0 aliphatic rings. The molecule has 8 heteroatoms. The van der Waals surface area contributed by atoms with E-state index in [-0.39, 0.29) is 11.5 Å². The predicted molar refractivity (Wildman–Crippen MR) is 91.5 cm³/mol. The summed E-state index contributed by atoms with van der Waals surface area (Å²) in [5.41, 5.74) is 3.59. The van der Waals surface area contributed by atoms with Crippen LogP contribution < -0.4 is 11.0 Å². The average Bonchev–Trinajstić information content (AvgIpc) is 2.46. The SMILES string of the molecule is CCCc1cc(=O)[nH]c(NN=Cc2c(Cl)ccc(Cl)c2Cl)n1. The van der Waals surface area contributed by atoms with Crippen molar-refractivity contribution in [3.05, 3.63) is 54.9 Å². The van der Waals surface area contributed by atoms with Crippen LogP contribution in [0.4, 0.5) is 5.95 Å². The van der Waals surface area contributed by atoms with Gasteiger partial charge in [-0.1, -0.05) is 48.1 Å². The topological polar surface area (TPSA) is 70.1 Å². The number of H-pyrrole nitrogens is 1. The largest absolute Gasteiger partial charge is 0.291 e. The number of aromatic amines is 1. The molecule has 1 aromatic heterocycles. The van der Waals surface area contributed by atoms with Gasteiger partial charge < -0.3 is 0 Å². The maximum absolute atomic E-state index is 11.5. The molecule has 116 valence electrons. The molecule has 2 N–H and O–H groups in total. The van der Waals surface area contributed by atoms with Crippen LogP contribution in [0.25, 0.3) is 0 Å². The van der Waals surface area contributed by atoms with Crippen molar-refractivity contribution in [1.82, 2.24) is 9.97 Å². The zero-order chi connectivity index (χ0) is 16.1. The van der Waals surface area contributed by atoms with Crippen LogP contribution in [0, 0.1) is 0 Å². The fraction of sp³-hybridized carbons (Fsp3) is 0.214. The highest BCUT2D eigenvalue weighted by Crippen LogP contribution is 2.29. The maximum atomic E-state index is 11.5. The molecule has 0 amide bonds. The number of hydrogen-bond donors (Lipinski definition) is 2. The first-order valence-corrected chi connectivity index (χ1v) is 7.67. The number of hydrazone groups is 1. The second-order valence-electron chi connectivity index (χ2n) is 4.46. The molecular weight excluding hydrogens is 347 g/mol. The average molecular weight is 360 g/mol. The third-order valence-electron chi connectivity index (χ3n) is 2.74. The molecule has 0 saturated carbocycles. The first-order valence-electron chi connectivity index (χ1n) is 6.54. The van der Waals surface area contributed by atoms with E-state index in [4.69, 9.17) is 34.8 Å². The van der Waals surface area contributed by atoms with Crippen LogP contribution in [-0.4, -0.2) is 16.2 Å². The van der Waals surface area contributed by atoms with Crippen LogP contribution >= 0.6 is 34.8 Å². The summed E-state index contributed by atoms with van der Waals surface area (Å²) in [6.07, 6.45) is 3.03. The van der Waals surface area contributed by atoms with Crippen LogP contribution in [-0.2, 0) is 6.42 Å². The maximum Gasteiger partial charge on any atom is 0.252 e. The van der Waals surface area contributed by atoms with E-state index in [0.29, 0.717) is 32.7 Å². The molecule has 5 nitrogen and oxygen atoms in total. The molecule has 0 fully saturated rings. The van der Waals surface area contributed by atoms with Gasteiger partial charge in [0.2, 0.25) is 5.95 Å². The van der Waals surface area contributed by atoms with Crippen molar-refractivity contribution in [3.8, 4) is 0 Å². The zero-order valence-electron chi connectivity index (χ0n) is 11.7. The Bertz CT molecular complexity index is 758. The van der Waals surface area contributed by atoms with Crippen molar-refractivity contribution in [2.45, 2.75) is 19.8 Å². The van der Waals surface area contributed by atoms with Crippen LogP contribution in [0.3, 0.4) is 0 Å². The Morgan fingerprint density at radius 2 is 2.05 bits per heavy atom. The highest BCUT2D eigenvalue weighted by atomic mass is 35.5. The first-order chi connectivity index (χ1) is 10.5. The van der Waals surface area contributed by atoms with E-state index in [0.717, 1.165) is 6.42 Å². The van der Waals surface area contributed by atoms with Crippen molar-refractivity contribution in [1.29, 1.82) is 0 Å². The Balaban J connectivity index is 2.20. The van der Waals surface area contributed by atoms with Crippen LogP contribution in [0.2, 0.25) is 15.1 Å². The third-order valence-corrected chi connectivity index (χ3v) is 3.89. The quantitative estimate of drug-likeness (QED) is 0.479. The normalized spacial score (nSPS) is 11.1. The van der Waals surface area contributed by atoms with E-state index in [1.54, 1.807) is 12.1 Å². The fourth-order valence-corrected chi connectivity index (χ4v) is 2.40. The molecule has 2 aromatic rings. The molecule has 2 rings (SSSR count). The van der Waals surface area contributed by atoms with Gasteiger partial charge in [-0.25, -0.2) is 10.4 Å². The van der Waals surface area contributed by atoms with Crippen molar-refractivity contribution < 1.29 is 0 Å². The van der Waals surface area contributed by atoms with Crippen molar-refractivity contribution >= 4 is 47.0 Å². The standard InChI is InChI=1S/C14H13Cl3N4O/c1-2-3-8-6-12(22)20-14(19-8)21-18-7-9-10(15)4-5-11(16)13(9)17/h4-7H,2-3H2,1H3,(H2,19,20,21,22). The van der Waals surface area contributed by atoms with E-state index < -0.39 is 0 Å². The van der Waals surface area contributed by atoms with Crippen LogP contribution in [0.1, 0.15) is 24.6 Å². The lowest BCUT2D eigenvalue weighted by atomic mass is 10.2. The van der Waals surface area contributed by atoms with Gasteiger partial charge in [-0.05, 0) is 18.6 Å². The summed E-state index contributed by atoms with van der Waals surface area (Å²) in [7, 11) is 0. The molecule has 1 aromatic carbocycles. The van der Waals surface area contributed by atoms with Crippen molar-refractivity contribution in [2.24, 2.45) is 5.10 Å². The Labute approximate surface area is 142 Å². The van der Waals surface area contributed by atoms with E-state index in [1.807, 2.05) is 6.92 Å². The Morgan fingerprint density at radius 1 is 1.32 bits per heavy atom. The Kier molecular flexibility index (Phi) is 5.83. The first kappa shape index (κ1) is 16.8. The minimum Gasteiger partial charge on any atom is -0.291 e. The molecule has 0 aliphatic carbocycles. The number of aromatic nitrogens is 2. The molecular formula is C14H13Cl3N4O. The second kappa shape index (κ2) is 7.63. The van der Waals surface area contributed by atoms with Gasteiger partial charge in [0.1, 0.15) is 0 Å². The van der Waals surface area contributed by atoms with Gasteiger partial charge in [-0.15, -0.1) is 0 Å².